The highest BCUT2D eigenvalue weighted by molar-refractivity contribution is 14.0. The summed E-state index contributed by atoms with van der Waals surface area (Å²) in [6, 6.07) is 12.6. The van der Waals surface area contributed by atoms with Crippen molar-refractivity contribution in [3.63, 3.8) is 0 Å². The molecular formula is C24H34IN3O3. The van der Waals surface area contributed by atoms with Crippen LogP contribution in [0.15, 0.2) is 41.4 Å². The van der Waals surface area contributed by atoms with Crippen molar-refractivity contribution < 1.29 is 14.2 Å². The molecule has 7 heteroatoms. The molecule has 1 N–H and O–H groups in total. The topological polar surface area (TPSA) is 55.3 Å². The van der Waals surface area contributed by atoms with Crippen LogP contribution in [0, 0.1) is 0 Å². The average molecular weight is 539 g/mol. The predicted molar refractivity (Wildman–Crippen MR) is 137 cm³/mol. The predicted octanol–water partition coefficient (Wildman–Crippen LogP) is 3.94. The van der Waals surface area contributed by atoms with Gasteiger partial charge in [-0.1, -0.05) is 18.2 Å². The minimum absolute atomic E-state index is 0. The van der Waals surface area contributed by atoms with Crippen LogP contribution in [0.3, 0.4) is 0 Å². The van der Waals surface area contributed by atoms with E-state index in [0.717, 1.165) is 68.7 Å². The maximum absolute atomic E-state index is 5.59. The van der Waals surface area contributed by atoms with Gasteiger partial charge in [-0.15, -0.1) is 24.0 Å². The molecule has 3 rings (SSSR count). The molecule has 0 saturated heterocycles. The molecule has 0 unspecified atom stereocenters. The smallest absolute Gasteiger partial charge is 0.193 e. The van der Waals surface area contributed by atoms with Gasteiger partial charge < -0.3 is 24.4 Å². The lowest BCUT2D eigenvalue weighted by Gasteiger charge is -2.22. The van der Waals surface area contributed by atoms with Crippen molar-refractivity contribution >= 4 is 29.9 Å². The van der Waals surface area contributed by atoms with Crippen molar-refractivity contribution in [3.8, 4) is 17.2 Å². The number of aliphatic imine (C=N–C) groups is 1. The SMILES string of the molecule is CCNC(=NCCc1ccc2c(c1)CCO2)N(C)CCc1ccc(OC)c(OC)c1.I. The van der Waals surface area contributed by atoms with Crippen LogP contribution in [0.4, 0.5) is 0 Å². The van der Waals surface area contributed by atoms with E-state index in [2.05, 4.69) is 48.5 Å². The molecule has 1 aliphatic heterocycles. The Kier molecular flexibility index (Phi) is 10.2. The van der Waals surface area contributed by atoms with E-state index in [4.69, 9.17) is 19.2 Å². The summed E-state index contributed by atoms with van der Waals surface area (Å²) in [5, 5.41) is 3.40. The van der Waals surface area contributed by atoms with Crippen LogP contribution in [0.25, 0.3) is 0 Å². The molecule has 0 amide bonds. The van der Waals surface area contributed by atoms with E-state index in [1.165, 1.54) is 16.7 Å². The third kappa shape index (κ3) is 6.92. The van der Waals surface area contributed by atoms with Crippen LogP contribution in [0.2, 0.25) is 0 Å². The summed E-state index contributed by atoms with van der Waals surface area (Å²) < 4.78 is 16.3. The maximum atomic E-state index is 5.59. The van der Waals surface area contributed by atoms with Gasteiger partial charge in [-0.25, -0.2) is 0 Å². The number of fused-ring (bicyclic) bond motifs is 1. The first-order chi connectivity index (χ1) is 14.6. The Bertz CT molecular complexity index is 873. The quantitative estimate of drug-likeness (QED) is 0.297. The third-order valence-corrected chi connectivity index (χ3v) is 5.30. The molecule has 1 aliphatic rings. The summed E-state index contributed by atoms with van der Waals surface area (Å²) >= 11 is 0. The molecule has 2 aromatic rings. The van der Waals surface area contributed by atoms with Crippen LogP contribution in [0.1, 0.15) is 23.6 Å². The Morgan fingerprint density at radius 1 is 1.06 bits per heavy atom. The lowest BCUT2D eigenvalue weighted by molar-refractivity contribution is 0.354. The van der Waals surface area contributed by atoms with Gasteiger partial charge >= 0.3 is 0 Å². The summed E-state index contributed by atoms with van der Waals surface area (Å²) in [6.45, 7) is 5.35. The highest BCUT2D eigenvalue weighted by Gasteiger charge is 2.12. The summed E-state index contributed by atoms with van der Waals surface area (Å²) in [6.07, 6.45) is 2.83. The number of halogens is 1. The maximum Gasteiger partial charge on any atom is 0.193 e. The first-order valence-electron chi connectivity index (χ1n) is 10.6. The summed E-state index contributed by atoms with van der Waals surface area (Å²) in [7, 11) is 5.40. The zero-order chi connectivity index (χ0) is 21.3. The number of benzene rings is 2. The standard InChI is InChI=1S/C24H33N3O3.HI/c1-5-25-24(26-13-10-18-6-8-21-20(16-18)12-15-30-21)27(2)14-11-19-7-9-22(28-3)23(17-19)29-4;/h6-9,16-17H,5,10-15H2,1-4H3,(H,25,26);1H. The van der Waals surface area contributed by atoms with Gasteiger partial charge in [-0.2, -0.15) is 0 Å². The number of ether oxygens (including phenoxy) is 3. The molecule has 0 radical (unpaired) electrons. The first-order valence-corrected chi connectivity index (χ1v) is 10.6. The van der Waals surface area contributed by atoms with E-state index < -0.39 is 0 Å². The fourth-order valence-corrected chi connectivity index (χ4v) is 3.59. The number of hydrogen-bond donors (Lipinski definition) is 1. The van der Waals surface area contributed by atoms with E-state index in [1.807, 2.05) is 12.1 Å². The molecule has 170 valence electrons. The number of hydrogen-bond acceptors (Lipinski definition) is 4. The largest absolute Gasteiger partial charge is 0.493 e. The molecule has 0 saturated carbocycles. The van der Waals surface area contributed by atoms with E-state index in [0.29, 0.717) is 0 Å². The second kappa shape index (κ2) is 12.6. The normalized spacial score (nSPS) is 12.5. The molecule has 0 aliphatic carbocycles. The summed E-state index contributed by atoms with van der Waals surface area (Å²) in [4.78, 5) is 7.01. The van der Waals surface area contributed by atoms with Crippen molar-refractivity contribution in [1.29, 1.82) is 0 Å². The van der Waals surface area contributed by atoms with E-state index in [9.17, 15) is 0 Å². The summed E-state index contributed by atoms with van der Waals surface area (Å²) in [5.41, 5.74) is 3.83. The number of likely N-dealkylation sites (N-methyl/N-ethyl adjacent to an activating group) is 1. The van der Waals surface area contributed by atoms with Crippen molar-refractivity contribution in [3.05, 3.63) is 53.1 Å². The number of guanidine groups is 1. The molecule has 0 fully saturated rings. The van der Waals surface area contributed by atoms with E-state index in [1.54, 1.807) is 14.2 Å². The Morgan fingerprint density at radius 3 is 2.55 bits per heavy atom. The molecule has 1 heterocycles. The van der Waals surface area contributed by atoms with Gasteiger partial charge in [-0.3, -0.25) is 4.99 Å². The highest BCUT2D eigenvalue weighted by atomic mass is 127. The van der Waals surface area contributed by atoms with Gasteiger partial charge in [0.05, 0.1) is 20.8 Å². The van der Waals surface area contributed by atoms with E-state index >= 15 is 0 Å². The molecule has 0 spiro atoms. The van der Waals surface area contributed by atoms with Gasteiger partial charge in [0.2, 0.25) is 0 Å². The molecule has 6 nitrogen and oxygen atoms in total. The molecular weight excluding hydrogens is 505 g/mol. The number of methoxy groups -OCH3 is 2. The van der Waals surface area contributed by atoms with Gasteiger partial charge in [0, 0.05) is 33.1 Å². The molecule has 0 bridgehead atoms. The van der Waals surface area contributed by atoms with Gasteiger partial charge in [0.25, 0.3) is 0 Å². The number of rotatable bonds is 9. The van der Waals surface area contributed by atoms with Crippen molar-refractivity contribution in [2.75, 3.05) is 47.5 Å². The molecule has 2 aromatic carbocycles. The number of nitrogens with one attached hydrogen (secondary N) is 1. The van der Waals surface area contributed by atoms with Crippen molar-refractivity contribution in [2.45, 2.75) is 26.2 Å². The van der Waals surface area contributed by atoms with Crippen molar-refractivity contribution in [1.82, 2.24) is 10.2 Å². The fraction of sp³-hybridized carbons (Fsp3) is 0.458. The van der Waals surface area contributed by atoms with Crippen LogP contribution >= 0.6 is 24.0 Å². The van der Waals surface area contributed by atoms with Crippen molar-refractivity contribution in [2.24, 2.45) is 4.99 Å². The highest BCUT2D eigenvalue weighted by Crippen LogP contribution is 2.28. The third-order valence-electron chi connectivity index (χ3n) is 5.30. The van der Waals surface area contributed by atoms with E-state index in [-0.39, 0.29) is 24.0 Å². The number of nitrogens with zero attached hydrogens (tertiary/aromatic N) is 2. The van der Waals surface area contributed by atoms with Crippen LogP contribution in [-0.4, -0.2) is 58.4 Å². The molecule has 31 heavy (non-hydrogen) atoms. The molecule has 0 atom stereocenters. The minimum atomic E-state index is 0. The second-order valence-electron chi connectivity index (χ2n) is 7.39. The van der Waals surface area contributed by atoms with Gasteiger partial charge in [0.15, 0.2) is 17.5 Å². The summed E-state index contributed by atoms with van der Waals surface area (Å²) in [5.74, 6) is 3.48. The Hall–Kier alpha value is -2.16. The Balaban J connectivity index is 0.00000341. The van der Waals surface area contributed by atoms with Crippen LogP contribution in [-0.2, 0) is 19.3 Å². The van der Waals surface area contributed by atoms with Crippen LogP contribution < -0.4 is 19.5 Å². The van der Waals surface area contributed by atoms with Crippen LogP contribution in [0.5, 0.6) is 17.2 Å². The van der Waals surface area contributed by atoms with Gasteiger partial charge in [-0.05, 0) is 54.7 Å². The minimum Gasteiger partial charge on any atom is -0.493 e. The zero-order valence-corrected chi connectivity index (χ0v) is 21.3. The lowest BCUT2D eigenvalue weighted by Crippen LogP contribution is -2.40. The Labute approximate surface area is 203 Å². The fourth-order valence-electron chi connectivity index (χ4n) is 3.59. The Morgan fingerprint density at radius 2 is 1.81 bits per heavy atom. The zero-order valence-electron chi connectivity index (χ0n) is 18.9. The monoisotopic (exact) mass is 539 g/mol. The lowest BCUT2D eigenvalue weighted by atomic mass is 10.1. The van der Waals surface area contributed by atoms with Gasteiger partial charge in [0.1, 0.15) is 5.75 Å². The average Bonchev–Trinajstić information content (AvgIpc) is 3.24. The second-order valence-corrected chi connectivity index (χ2v) is 7.39. The molecule has 0 aromatic heterocycles. The first kappa shape index (κ1) is 25.1.